The maximum Gasteiger partial charge on any atom is 0.122 e. The van der Waals surface area contributed by atoms with Gasteiger partial charge in [-0.05, 0) is 71.1 Å². The molecule has 0 unspecified atom stereocenters. The Morgan fingerprint density at radius 2 is 2.00 bits per heavy atom. The van der Waals surface area contributed by atoms with Crippen LogP contribution in [0.4, 0.5) is 0 Å². The minimum absolute atomic E-state index is 0.198. The molecule has 96 valence electrons. The average Bonchev–Trinajstić information content (AvgIpc) is 2.21. The van der Waals surface area contributed by atoms with Gasteiger partial charge >= 0.3 is 0 Å². The van der Waals surface area contributed by atoms with Gasteiger partial charge < -0.3 is 9.64 Å². The normalized spacial score (nSPS) is 11.2. The first kappa shape index (κ1) is 14.3. The topological polar surface area (TPSA) is 12.5 Å². The van der Waals surface area contributed by atoms with Crippen molar-refractivity contribution in [3.05, 3.63) is 28.8 Å². The SMILES string of the molecule is CC(C)Oc1ccc(Cl)cc1CCCN(C)C. The maximum absolute atomic E-state index is 6.03. The van der Waals surface area contributed by atoms with Gasteiger partial charge in [0.15, 0.2) is 0 Å². The smallest absolute Gasteiger partial charge is 0.122 e. The van der Waals surface area contributed by atoms with Crippen molar-refractivity contribution in [2.45, 2.75) is 32.8 Å². The molecule has 0 spiro atoms. The minimum Gasteiger partial charge on any atom is -0.491 e. The van der Waals surface area contributed by atoms with Crippen LogP contribution >= 0.6 is 11.6 Å². The molecule has 0 bridgehead atoms. The molecule has 1 aromatic carbocycles. The second kappa shape index (κ2) is 6.87. The summed E-state index contributed by atoms with van der Waals surface area (Å²) in [5.41, 5.74) is 1.20. The lowest BCUT2D eigenvalue weighted by Gasteiger charge is -2.15. The Bertz CT molecular complexity index is 350. The van der Waals surface area contributed by atoms with Gasteiger partial charge in [0, 0.05) is 5.02 Å². The summed E-state index contributed by atoms with van der Waals surface area (Å²) in [7, 11) is 4.17. The predicted molar refractivity (Wildman–Crippen MR) is 74.1 cm³/mol. The molecule has 1 aromatic rings. The summed E-state index contributed by atoms with van der Waals surface area (Å²) >= 11 is 6.03. The molecule has 0 saturated heterocycles. The van der Waals surface area contributed by atoms with Crippen LogP contribution in [0.2, 0.25) is 5.02 Å². The van der Waals surface area contributed by atoms with E-state index in [2.05, 4.69) is 19.0 Å². The molecule has 0 radical (unpaired) electrons. The molecule has 0 aromatic heterocycles. The quantitative estimate of drug-likeness (QED) is 0.770. The summed E-state index contributed by atoms with van der Waals surface area (Å²) in [6.45, 7) is 5.16. The molecule has 2 nitrogen and oxygen atoms in total. The van der Waals surface area contributed by atoms with Crippen molar-refractivity contribution in [2.24, 2.45) is 0 Å². The lowest BCUT2D eigenvalue weighted by molar-refractivity contribution is 0.239. The van der Waals surface area contributed by atoms with Crippen molar-refractivity contribution >= 4 is 11.6 Å². The highest BCUT2D eigenvalue weighted by Gasteiger charge is 2.06. The fourth-order valence-electron chi connectivity index (χ4n) is 1.70. The van der Waals surface area contributed by atoms with Gasteiger partial charge in [-0.2, -0.15) is 0 Å². The number of aryl methyl sites for hydroxylation is 1. The first-order chi connectivity index (χ1) is 7.99. The molecule has 0 aliphatic carbocycles. The van der Waals surface area contributed by atoms with E-state index in [0.717, 1.165) is 30.2 Å². The summed E-state index contributed by atoms with van der Waals surface area (Å²) in [5, 5.41) is 0.779. The van der Waals surface area contributed by atoms with E-state index < -0.39 is 0 Å². The van der Waals surface area contributed by atoms with Gasteiger partial charge in [-0.1, -0.05) is 11.6 Å². The largest absolute Gasteiger partial charge is 0.491 e. The van der Waals surface area contributed by atoms with Crippen LogP contribution in [-0.4, -0.2) is 31.6 Å². The van der Waals surface area contributed by atoms with E-state index in [1.807, 2.05) is 32.0 Å². The van der Waals surface area contributed by atoms with Crippen LogP contribution in [0.3, 0.4) is 0 Å². The standard InChI is InChI=1S/C14H22ClNO/c1-11(2)17-14-8-7-13(15)10-12(14)6-5-9-16(3)4/h7-8,10-11H,5-6,9H2,1-4H3. The molecule has 3 heteroatoms. The summed E-state index contributed by atoms with van der Waals surface area (Å²) in [6, 6.07) is 5.86. The van der Waals surface area contributed by atoms with E-state index >= 15 is 0 Å². The summed E-state index contributed by atoms with van der Waals surface area (Å²) in [4.78, 5) is 2.19. The predicted octanol–water partition coefficient (Wildman–Crippen LogP) is 3.62. The van der Waals surface area contributed by atoms with Crippen LogP contribution in [0.25, 0.3) is 0 Å². The van der Waals surface area contributed by atoms with Gasteiger partial charge in [0.2, 0.25) is 0 Å². The lowest BCUT2D eigenvalue weighted by Crippen LogP contribution is -2.14. The summed E-state index contributed by atoms with van der Waals surface area (Å²) in [6.07, 6.45) is 2.31. The van der Waals surface area contributed by atoms with Crippen molar-refractivity contribution in [3.8, 4) is 5.75 Å². The molecular formula is C14H22ClNO. The second-order valence-corrected chi connectivity index (χ2v) is 5.26. The van der Waals surface area contributed by atoms with Gasteiger partial charge in [-0.3, -0.25) is 0 Å². The molecule has 0 N–H and O–H groups in total. The zero-order chi connectivity index (χ0) is 12.8. The molecular weight excluding hydrogens is 234 g/mol. The van der Waals surface area contributed by atoms with Crippen LogP contribution in [0.15, 0.2) is 18.2 Å². The maximum atomic E-state index is 6.03. The Kier molecular flexibility index (Phi) is 5.79. The number of hydrogen-bond donors (Lipinski definition) is 0. The number of ether oxygens (including phenoxy) is 1. The second-order valence-electron chi connectivity index (χ2n) is 4.83. The van der Waals surface area contributed by atoms with Gasteiger partial charge in [-0.15, -0.1) is 0 Å². The molecule has 0 aliphatic rings. The minimum atomic E-state index is 0.198. The van der Waals surface area contributed by atoms with Crippen LogP contribution in [0, 0.1) is 0 Å². The van der Waals surface area contributed by atoms with Crippen LogP contribution < -0.4 is 4.74 Å². The van der Waals surface area contributed by atoms with Crippen LogP contribution in [0.5, 0.6) is 5.75 Å². The van der Waals surface area contributed by atoms with E-state index in [1.165, 1.54) is 5.56 Å². The fraction of sp³-hybridized carbons (Fsp3) is 0.571. The Hall–Kier alpha value is -0.730. The monoisotopic (exact) mass is 255 g/mol. The highest BCUT2D eigenvalue weighted by atomic mass is 35.5. The highest BCUT2D eigenvalue weighted by Crippen LogP contribution is 2.25. The van der Waals surface area contributed by atoms with Crippen molar-refractivity contribution in [1.29, 1.82) is 0 Å². The molecule has 0 fully saturated rings. The van der Waals surface area contributed by atoms with Gasteiger partial charge in [0.1, 0.15) is 5.75 Å². The Balaban J connectivity index is 2.69. The van der Waals surface area contributed by atoms with Crippen LogP contribution in [0.1, 0.15) is 25.8 Å². The number of benzene rings is 1. The third kappa shape index (κ3) is 5.42. The Morgan fingerprint density at radius 3 is 2.59 bits per heavy atom. The molecule has 0 atom stereocenters. The first-order valence-corrected chi connectivity index (χ1v) is 6.46. The third-order valence-corrected chi connectivity index (χ3v) is 2.67. The Labute approximate surface area is 110 Å². The van der Waals surface area contributed by atoms with Crippen molar-refractivity contribution in [1.82, 2.24) is 4.90 Å². The van der Waals surface area contributed by atoms with Crippen molar-refractivity contribution in [3.63, 3.8) is 0 Å². The third-order valence-electron chi connectivity index (χ3n) is 2.44. The fourth-order valence-corrected chi connectivity index (χ4v) is 1.89. The zero-order valence-electron chi connectivity index (χ0n) is 11.2. The zero-order valence-corrected chi connectivity index (χ0v) is 11.9. The van der Waals surface area contributed by atoms with Crippen LogP contribution in [-0.2, 0) is 6.42 Å². The number of halogens is 1. The lowest BCUT2D eigenvalue weighted by atomic mass is 10.1. The van der Waals surface area contributed by atoms with E-state index in [-0.39, 0.29) is 6.10 Å². The van der Waals surface area contributed by atoms with E-state index in [4.69, 9.17) is 16.3 Å². The van der Waals surface area contributed by atoms with Crippen molar-refractivity contribution in [2.75, 3.05) is 20.6 Å². The molecule has 1 rings (SSSR count). The molecule has 17 heavy (non-hydrogen) atoms. The molecule has 0 saturated carbocycles. The number of nitrogens with zero attached hydrogens (tertiary/aromatic N) is 1. The van der Waals surface area contributed by atoms with Gasteiger partial charge in [-0.25, -0.2) is 0 Å². The Morgan fingerprint density at radius 1 is 1.29 bits per heavy atom. The number of rotatable bonds is 6. The average molecular weight is 256 g/mol. The molecule has 0 heterocycles. The molecule has 0 amide bonds. The summed E-state index contributed by atoms with van der Waals surface area (Å²) in [5.74, 6) is 0.961. The molecule has 0 aliphatic heterocycles. The summed E-state index contributed by atoms with van der Waals surface area (Å²) < 4.78 is 5.79. The highest BCUT2D eigenvalue weighted by molar-refractivity contribution is 6.30. The van der Waals surface area contributed by atoms with Gasteiger partial charge in [0.05, 0.1) is 6.10 Å². The van der Waals surface area contributed by atoms with Gasteiger partial charge in [0.25, 0.3) is 0 Å². The first-order valence-electron chi connectivity index (χ1n) is 6.09. The number of hydrogen-bond acceptors (Lipinski definition) is 2. The van der Waals surface area contributed by atoms with E-state index in [0.29, 0.717) is 0 Å². The van der Waals surface area contributed by atoms with E-state index in [9.17, 15) is 0 Å². The van der Waals surface area contributed by atoms with E-state index in [1.54, 1.807) is 0 Å². The van der Waals surface area contributed by atoms with Crippen molar-refractivity contribution < 1.29 is 4.74 Å².